The molecule has 0 aliphatic rings. The summed E-state index contributed by atoms with van der Waals surface area (Å²) >= 11 is 5.92. The summed E-state index contributed by atoms with van der Waals surface area (Å²) in [4.78, 5) is 29.3. The molecule has 2 aromatic heterocycles. The summed E-state index contributed by atoms with van der Waals surface area (Å²) in [7, 11) is 1.64. The van der Waals surface area contributed by atoms with Gasteiger partial charge in [0.2, 0.25) is 0 Å². The fourth-order valence-corrected chi connectivity index (χ4v) is 3.39. The van der Waals surface area contributed by atoms with Crippen LogP contribution in [0.4, 0.5) is 13.2 Å². The zero-order valence-electron chi connectivity index (χ0n) is 18.5. The molecule has 0 saturated heterocycles. The summed E-state index contributed by atoms with van der Waals surface area (Å²) < 4.78 is 40.3. The van der Waals surface area contributed by atoms with Crippen molar-refractivity contribution in [2.24, 2.45) is 12.5 Å². The second kappa shape index (κ2) is 9.02. The van der Waals surface area contributed by atoms with Crippen molar-refractivity contribution in [3.8, 4) is 0 Å². The molecule has 9 heteroatoms. The maximum absolute atomic E-state index is 12.9. The van der Waals surface area contributed by atoms with Crippen LogP contribution in [0, 0.1) is 5.41 Å². The number of hydrogen-bond donors (Lipinski definition) is 1. The normalized spacial score (nSPS) is 13.5. The maximum Gasteiger partial charge on any atom is 0.416 e. The third-order valence-electron chi connectivity index (χ3n) is 5.71. The van der Waals surface area contributed by atoms with Crippen LogP contribution in [0.3, 0.4) is 0 Å². The average Bonchev–Trinajstić information content (AvgIpc) is 2.75. The standard InChI is InChI=1S/C24H23ClF3N3O2/c1-14(30-21(32)15-6-5-7-18(11-15)24(26,27)28)23(2,3)9-8-16-10-17-13-29-20(25)12-19(17)31(4)22(16)33/h5-14H,1-4H3,(H,30,32)/b9-8+/t14-/m0/s1. The SMILES string of the molecule is C[C@H](NC(=O)c1cccc(C(F)(F)F)c1)C(C)(C)/C=C/c1cc2cnc(Cl)cc2n(C)c1=O. The molecule has 3 aromatic rings. The second-order valence-electron chi connectivity index (χ2n) is 8.46. The summed E-state index contributed by atoms with van der Waals surface area (Å²) in [5.74, 6) is -0.611. The van der Waals surface area contributed by atoms with Crippen molar-refractivity contribution in [2.45, 2.75) is 33.0 Å². The number of carbonyl (C=O) groups is 1. The van der Waals surface area contributed by atoms with Crippen molar-refractivity contribution in [1.82, 2.24) is 14.9 Å². The average molecular weight is 478 g/mol. The van der Waals surface area contributed by atoms with E-state index in [9.17, 15) is 22.8 Å². The number of amides is 1. The molecule has 1 amide bonds. The molecular weight excluding hydrogens is 455 g/mol. The van der Waals surface area contributed by atoms with Crippen LogP contribution >= 0.6 is 11.6 Å². The Bertz CT molecular complexity index is 1300. The molecule has 2 heterocycles. The van der Waals surface area contributed by atoms with Crippen molar-refractivity contribution in [2.75, 3.05) is 0 Å². The smallest absolute Gasteiger partial charge is 0.349 e. The fraction of sp³-hybridized carbons (Fsp3) is 0.292. The molecule has 1 atom stereocenters. The minimum absolute atomic E-state index is 0.0778. The van der Waals surface area contributed by atoms with E-state index in [0.29, 0.717) is 11.1 Å². The third-order valence-corrected chi connectivity index (χ3v) is 5.92. The van der Waals surface area contributed by atoms with Crippen LogP contribution in [0.2, 0.25) is 5.15 Å². The van der Waals surface area contributed by atoms with Crippen molar-refractivity contribution in [3.05, 3.63) is 80.9 Å². The number of benzene rings is 1. The molecule has 0 unspecified atom stereocenters. The molecule has 174 valence electrons. The van der Waals surface area contributed by atoms with Gasteiger partial charge in [0.05, 0.1) is 11.1 Å². The highest BCUT2D eigenvalue weighted by Gasteiger charge is 2.31. The fourth-order valence-electron chi connectivity index (χ4n) is 3.24. The van der Waals surface area contributed by atoms with Gasteiger partial charge in [0.1, 0.15) is 5.15 Å². The Hall–Kier alpha value is -3.13. The first-order valence-electron chi connectivity index (χ1n) is 10.1. The van der Waals surface area contributed by atoms with Gasteiger partial charge in [-0.15, -0.1) is 0 Å². The van der Waals surface area contributed by atoms with Crippen LogP contribution in [0.15, 0.2) is 53.5 Å². The first kappa shape index (κ1) is 24.5. The molecular formula is C24H23ClF3N3O2. The van der Waals surface area contributed by atoms with Crippen molar-refractivity contribution >= 4 is 34.5 Å². The summed E-state index contributed by atoms with van der Waals surface area (Å²) in [5.41, 5.74) is -0.722. The van der Waals surface area contributed by atoms with Gasteiger partial charge < -0.3 is 9.88 Å². The Labute approximate surface area is 193 Å². The van der Waals surface area contributed by atoms with E-state index < -0.39 is 29.1 Å². The minimum atomic E-state index is -4.53. The first-order chi connectivity index (χ1) is 15.3. The number of carbonyl (C=O) groups excluding carboxylic acids is 1. The van der Waals surface area contributed by atoms with Crippen LogP contribution < -0.4 is 10.9 Å². The molecule has 33 heavy (non-hydrogen) atoms. The topological polar surface area (TPSA) is 64.0 Å². The van der Waals surface area contributed by atoms with E-state index in [0.717, 1.165) is 17.5 Å². The zero-order valence-corrected chi connectivity index (χ0v) is 19.3. The Kier molecular flexibility index (Phi) is 6.70. The van der Waals surface area contributed by atoms with Gasteiger partial charge in [0.25, 0.3) is 11.5 Å². The van der Waals surface area contributed by atoms with Gasteiger partial charge in [0, 0.05) is 41.2 Å². The maximum atomic E-state index is 12.9. The predicted molar refractivity (Wildman–Crippen MR) is 123 cm³/mol. The highest BCUT2D eigenvalue weighted by Crippen LogP contribution is 2.30. The number of rotatable bonds is 5. The number of pyridine rings is 2. The number of hydrogen-bond acceptors (Lipinski definition) is 3. The van der Waals surface area contributed by atoms with E-state index in [1.807, 2.05) is 13.8 Å². The number of fused-ring (bicyclic) bond motifs is 1. The molecule has 5 nitrogen and oxygen atoms in total. The Morgan fingerprint density at radius 1 is 1.21 bits per heavy atom. The van der Waals surface area contributed by atoms with Crippen LogP contribution in [0.25, 0.3) is 17.0 Å². The molecule has 0 saturated carbocycles. The van der Waals surface area contributed by atoms with Gasteiger partial charge in [0.15, 0.2) is 0 Å². The lowest BCUT2D eigenvalue weighted by Gasteiger charge is -2.29. The number of nitrogens with one attached hydrogen (secondary N) is 1. The minimum Gasteiger partial charge on any atom is -0.349 e. The number of alkyl halides is 3. The molecule has 0 spiro atoms. The molecule has 0 radical (unpaired) electrons. The number of halogens is 4. The zero-order chi connectivity index (χ0) is 24.6. The molecule has 1 aromatic carbocycles. The van der Waals surface area contributed by atoms with E-state index in [1.165, 1.54) is 16.7 Å². The molecule has 0 bridgehead atoms. The molecule has 0 fully saturated rings. The largest absolute Gasteiger partial charge is 0.416 e. The molecule has 3 rings (SSSR count). The summed E-state index contributed by atoms with van der Waals surface area (Å²) in [6.07, 6.45) is 0.508. The number of aromatic nitrogens is 2. The van der Waals surface area contributed by atoms with E-state index in [2.05, 4.69) is 10.3 Å². The number of nitrogens with zero attached hydrogens (tertiary/aromatic N) is 2. The van der Waals surface area contributed by atoms with Crippen molar-refractivity contribution in [3.63, 3.8) is 0 Å². The van der Waals surface area contributed by atoms with Crippen LogP contribution in [-0.2, 0) is 13.2 Å². The highest BCUT2D eigenvalue weighted by molar-refractivity contribution is 6.30. The first-order valence-corrected chi connectivity index (χ1v) is 10.5. The van der Waals surface area contributed by atoms with Crippen molar-refractivity contribution in [1.29, 1.82) is 0 Å². The highest BCUT2D eigenvalue weighted by atomic mass is 35.5. The van der Waals surface area contributed by atoms with Gasteiger partial charge in [-0.3, -0.25) is 9.59 Å². The van der Waals surface area contributed by atoms with E-state index in [1.54, 1.807) is 44.5 Å². The van der Waals surface area contributed by atoms with Gasteiger partial charge in [-0.25, -0.2) is 4.98 Å². The van der Waals surface area contributed by atoms with Crippen LogP contribution in [0.1, 0.15) is 42.3 Å². The predicted octanol–water partition coefficient (Wildman–Crippen LogP) is 5.46. The van der Waals surface area contributed by atoms with E-state index in [-0.39, 0.29) is 16.3 Å². The van der Waals surface area contributed by atoms with Gasteiger partial charge in [-0.2, -0.15) is 13.2 Å². The van der Waals surface area contributed by atoms with E-state index in [4.69, 9.17) is 11.6 Å². The Morgan fingerprint density at radius 3 is 2.58 bits per heavy atom. The summed E-state index contributed by atoms with van der Waals surface area (Å²) in [6, 6.07) is 7.15. The van der Waals surface area contributed by atoms with Crippen molar-refractivity contribution < 1.29 is 18.0 Å². The van der Waals surface area contributed by atoms with E-state index >= 15 is 0 Å². The van der Waals surface area contributed by atoms with Gasteiger partial charge in [-0.05, 0) is 37.3 Å². The molecule has 0 aliphatic carbocycles. The van der Waals surface area contributed by atoms with Gasteiger partial charge >= 0.3 is 6.18 Å². The summed E-state index contributed by atoms with van der Waals surface area (Å²) in [5, 5.41) is 3.77. The van der Waals surface area contributed by atoms with Gasteiger partial charge in [-0.1, -0.05) is 43.7 Å². The molecule has 0 aliphatic heterocycles. The lowest BCUT2D eigenvalue weighted by molar-refractivity contribution is -0.137. The quantitative estimate of drug-likeness (QED) is 0.496. The third kappa shape index (κ3) is 5.45. The van der Waals surface area contributed by atoms with Crippen LogP contribution in [0.5, 0.6) is 0 Å². The molecule has 1 N–H and O–H groups in total. The monoisotopic (exact) mass is 477 g/mol. The summed E-state index contributed by atoms with van der Waals surface area (Å²) in [6.45, 7) is 5.46. The second-order valence-corrected chi connectivity index (χ2v) is 8.85. The lowest BCUT2D eigenvalue weighted by atomic mass is 9.84. The number of aryl methyl sites for hydroxylation is 1. The Balaban J connectivity index is 1.82. The van der Waals surface area contributed by atoms with Crippen LogP contribution in [-0.4, -0.2) is 21.5 Å². The lowest BCUT2D eigenvalue weighted by Crippen LogP contribution is -2.42. The Morgan fingerprint density at radius 2 is 1.91 bits per heavy atom.